The molecule has 0 atom stereocenters. The van der Waals surface area contributed by atoms with Crippen molar-refractivity contribution in [1.29, 1.82) is 0 Å². The standard InChI is InChI=1S/C13H22N4O/c1-9-11(14-2)15-12(10-5-6-10)16-13(9)17(3)7-4-8-18/h10,18H,4-8H2,1-3H3,(H,14,15,16). The summed E-state index contributed by atoms with van der Waals surface area (Å²) in [6, 6.07) is 0. The van der Waals surface area contributed by atoms with Crippen molar-refractivity contribution in [2.24, 2.45) is 0 Å². The normalized spacial score (nSPS) is 14.7. The van der Waals surface area contributed by atoms with E-state index >= 15 is 0 Å². The average Bonchev–Trinajstić information content (AvgIpc) is 3.20. The molecule has 5 heteroatoms. The van der Waals surface area contributed by atoms with E-state index in [0.717, 1.165) is 36.0 Å². The number of nitrogens with one attached hydrogen (secondary N) is 1. The fourth-order valence-electron chi connectivity index (χ4n) is 2.07. The van der Waals surface area contributed by atoms with Crippen molar-refractivity contribution in [3.05, 3.63) is 11.4 Å². The van der Waals surface area contributed by atoms with Crippen LogP contribution in [0.1, 0.15) is 36.6 Å². The van der Waals surface area contributed by atoms with Crippen molar-refractivity contribution in [2.75, 3.05) is 37.5 Å². The number of hydrogen-bond acceptors (Lipinski definition) is 5. The zero-order valence-electron chi connectivity index (χ0n) is 11.4. The van der Waals surface area contributed by atoms with Crippen LogP contribution in [0, 0.1) is 6.92 Å². The number of rotatable bonds is 6. The second-order valence-electron chi connectivity index (χ2n) is 4.90. The third kappa shape index (κ3) is 2.72. The van der Waals surface area contributed by atoms with Crippen molar-refractivity contribution in [3.63, 3.8) is 0 Å². The van der Waals surface area contributed by atoms with E-state index in [2.05, 4.69) is 20.2 Å². The Morgan fingerprint density at radius 3 is 2.67 bits per heavy atom. The lowest BCUT2D eigenvalue weighted by molar-refractivity contribution is 0.290. The Hall–Kier alpha value is -1.36. The Morgan fingerprint density at radius 2 is 2.11 bits per heavy atom. The Labute approximate surface area is 108 Å². The molecule has 1 heterocycles. The summed E-state index contributed by atoms with van der Waals surface area (Å²) in [4.78, 5) is 11.4. The van der Waals surface area contributed by atoms with Gasteiger partial charge in [-0.1, -0.05) is 0 Å². The van der Waals surface area contributed by atoms with Crippen LogP contribution in [0.25, 0.3) is 0 Å². The van der Waals surface area contributed by atoms with Gasteiger partial charge in [0.05, 0.1) is 0 Å². The molecule has 1 aliphatic carbocycles. The van der Waals surface area contributed by atoms with Crippen molar-refractivity contribution in [3.8, 4) is 0 Å². The molecule has 0 spiro atoms. The van der Waals surface area contributed by atoms with Gasteiger partial charge in [-0.05, 0) is 26.2 Å². The maximum absolute atomic E-state index is 8.91. The van der Waals surface area contributed by atoms with E-state index in [1.807, 2.05) is 21.0 Å². The fourth-order valence-corrected chi connectivity index (χ4v) is 2.07. The average molecular weight is 250 g/mol. The van der Waals surface area contributed by atoms with Gasteiger partial charge < -0.3 is 15.3 Å². The van der Waals surface area contributed by atoms with Gasteiger partial charge in [0.1, 0.15) is 17.5 Å². The van der Waals surface area contributed by atoms with Gasteiger partial charge in [0.2, 0.25) is 0 Å². The summed E-state index contributed by atoms with van der Waals surface area (Å²) < 4.78 is 0. The van der Waals surface area contributed by atoms with Crippen molar-refractivity contribution in [2.45, 2.75) is 32.1 Å². The topological polar surface area (TPSA) is 61.3 Å². The van der Waals surface area contributed by atoms with Crippen LogP contribution >= 0.6 is 0 Å². The van der Waals surface area contributed by atoms with Crippen LogP contribution in [0.2, 0.25) is 0 Å². The molecule has 1 aromatic heterocycles. The smallest absolute Gasteiger partial charge is 0.137 e. The van der Waals surface area contributed by atoms with Crippen molar-refractivity contribution < 1.29 is 5.11 Å². The van der Waals surface area contributed by atoms with Crippen molar-refractivity contribution in [1.82, 2.24) is 9.97 Å². The SMILES string of the molecule is CNc1nc(C2CC2)nc(N(C)CCCO)c1C. The van der Waals surface area contributed by atoms with Gasteiger partial charge in [-0.3, -0.25) is 0 Å². The van der Waals surface area contributed by atoms with Crippen LogP contribution in [0.4, 0.5) is 11.6 Å². The third-order valence-corrected chi connectivity index (χ3v) is 3.33. The lowest BCUT2D eigenvalue weighted by atomic mass is 10.2. The highest BCUT2D eigenvalue weighted by atomic mass is 16.3. The van der Waals surface area contributed by atoms with Gasteiger partial charge in [-0.15, -0.1) is 0 Å². The number of aliphatic hydroxyl groups is 1. The van der Waals surface area contributed by atoms with Crippen LogP contribution in [0.3, 0.4) is 0 Å². The second kappa shape index (κ2) is 5.52. The molecule has 5 nitrogen and oxygen atoms in total. The summed E-state index contributed by atoms with van der Waals surface area (Å²) >= 11 is 0. The molecule has 0 unspecified atom stereocenters. The third-order valence-electron chi connectivity index (χ3n) is 3.33. The number of aromatic nitrogens is 2. The van der Waals surface area contributed by atoms with Gasteiger partial charge in [-0.25, -0.2) is 9.97 Å². The summed E-state index contributed by atoms with van der Waals surface area (Å²) in [5.41, 5.74) is 1.07. The maximum Gasteiger partial charge on any atom is 0.137 e. The van der Waals surface area contributed by atoms with Crippen molar-refractivity contribution >= 4 is 11.6 Å². The first-order valence-corrected chi connectivity index (χ1v) is 6.55. The second-order valence-corrected chi connectivity index (χ2v) is 4.90. The van der Waals surface area contributed by atoms with E-state index in [1.165, 1.54) is 12.8 Å². The lowest BCUT2D eigenvalue weighted by Crippen LogP contribution is -2.23. The van der Waals surface area contributed by atoms with Gasteiger partial charge in [0.15, 0.2) is 0 Å². The minimum absolute atomic E-state index is 0.211. The minimum Gasteiger partial charge on any atom is -0.396 e. The molecule has 1 aliphatic rings. The Bertz CT molecular complexity index is 418. The molecule has 100 valence electrons. The minimum atomic E-state index is 0.211. The molecule has 18 heavy (non-hydrogen) atoms. The predicted molar refractivity (Wildman–Crippen MR) is 73.3 cm³/mol. The van der Waals surface area contributed by atoms with Crippen LogP contribution in [-0.4, -0.2) is 42.3 Å². The first-order valence-electron chi connectivity index (χ1n) is 6.55. The summed E-state index contributed by atoms with van der Waals surface area (Å²) in [5, 5.41) is 12.1. The van der Waals surface area contributed by atoms with Gasteiger partial charge >= 0.3 is 0 Å². The summed E-state index contributed by atoms with van der Waals surface area (Å²) in [6.45, 7) is 3.05. The Morgan fingerprint density at radius 1 is 1.39 bits per heavy atom. The Balaban J connectivity index is 2.28. The van der Waals surface area contributed by atoms with Crippen LogP contribution < -0.4 is 10.2 Å². The van der Waals surface area contributed by atoms with E-state index in [1.54, 1.807) is 0 Å². The highest BCUT2D eigenvalue weighted by molar-refractivity contribution is 5.58. The van der Waals surface area contributed by atoms with Gasteiger partial charge in [0, 0.05) is 38.7 Å². The zero-order chi connectivity index (χ0) is 13.1. The molecule has 0 aromatic carbocycles. The number of aliphatic hydroxyl groups excluding tert-OH is 1. The molecule has 0 saturated heterocycles. The largest absolute Gasteiger partial charge is 0.396 e. The molecule has 0 bridgehead atoms. The summed E-state index contributed by atoms with van der Waals surface area (Å²) in [6.07, 6.45) is 3.16. The molecule has 0 aliphatic heterocycles. The van der Waals surface area contributed by atoms with Crippen LogP contribution in [0.5, 0.6) is 0 Å². The molecule has 1 saturated carbocycles. The molecular weight excluding hydrogens is 228 g/mol. The maximum atomic E-state index is 8.91. The van der Waals surface area contributed by atoms with E-state index < -0.39 is 0 Å². The molecule has 1 aromatic rings. The summed E-state index contributed by atoms with van der Waals surface area (Å²) in [7, 11) is 3.91. The first kappa shape index (κ1) is 13.1. The van der Waals surface area contributed by atoms with E-state index in [4.69, 9.17) is 5.11 Å². The fraction of sp³-hybridized carbons (Fsp3) is 0.692. The van der Waals surface area contributed by atoms with E-state index in [9.17, 15) is 0 Å². The molecule has 2 rings (SSSR count). The number of anilines is 2. The predicted octanol–water partition coefficient (Wildman–Crippen LogP) is 1.52. The monoisotopic (exact) mass is 250 g/mol. The lowest BCUT2D eigenvalue weighted by Gasteiger charge is -2.21. The quantitative estimate of drug-likeness (QED) is 0.801. The van der Waals surface area contributed by atoms with Gasteiger partial charge in [-0.2, -0.15) is 0 Å². The van der Waals surface area contributed by atoms with E-state index in [0.29, 0.717) is 5.92 Å². The van der Waals surface area contributed by atoms with E-state index in [-0.39, 0.29) is 6.61 Å². The number of nitrogens with zero attached hydrogens (tertiary/aromatic N) is 3. The zero-order valence-corrected chi connectivity index (χ0v) is 11.4. The van der Waals surface area contributed by atoms with Gasteiger partial charge in [0.25, 0.3) is 0 Å². The molecule has 1 fully saturated rings. The molecule has 0 amide bonds. The summed E-state index contributed by atoms with van der Waals surface area (Å²) in [5.74, 6) is 3.39. The van der Waals surface area contributed by atoms with Crippen LogP contribution in [0.15, 0.2) is 0 Å². The Kier molecular flexibility index (Phi) is 4.01. The highest BCUT2D eigenvalue weighted by Crippen LogP contribution is 2.39. The highest BCUT2D eigenvalue weighted by Gasteiger charge is 2.28. The number of hydrogen-bond donors (Lipinski definition) is 2. The first-order chi connectivity index (χ1) is 8.67. The van der Waals surface area contributed by atoms with Crippen LogP contribution in [-0.2, 0) is 0 Å². The molecular formula is C13H22N4O. The molecule has 0 radical (unpaired) electrons. The molecule has 2 N–H and O–H groups in total.